The zero-order chi connectivity index (χ0) is 23.6. The summed E-state index contributed by atoms with van der Waals surface area (Å²) < 4.78 is 23.2. The van der Waals surface area contributed by atoms with Gasteiger partial charge in [-0.15, -0.1) is 0 Å². The number of benzene rings is 2. The van der Waals surface area contributed by atoms with E-state index in [2.05, 4.69) is 25.1 Å². The topological polar surface area (TPSA) is 76.0 Å². The van der Waals surface area contributed by atoms with E-state index in [1.807, 2.05) is 12.1 Å². The van der Waals surface area contributed by atoms with E-state index in [1.165, 1.54) is 30.6 Å². The molecular weight excluding hydrogens is 435 g/mol. The van der Waals surface area contributed by atoms with Gasteiger partial charge in [-0.25, -0.2) is 0 Å². The maximum absolute atomic E-state index is 11.6. The van der Waals surface area contributed by atoms with Gasteiger partial charge in [0, 0.05) is 6.66 Å². The van der Waals surface area contributed by atoms with E-state index < -0.39 is 13.5 Å². The van der Waals surface area contributed by atoms with Crippen molar-refractivity contribution in [2.75, 3.05) is 26.5 Å². The molecule has 0 bridgehead atoms. The Labute approximate surface area is 197 Å². The first-order chi connectivity index (χ1) is 15.7. The average molecular weight is 473 g/mol. The molecule has 0 heterocycles. The molecule has 0 aliphatic heterocycles. The van der Waals surface area contributed by atoms with Crippen LogP contribution in [0.4, 0.5) is 0 Å². The first kappa shape index (κ1) is 24.3. The second-order valence-corrected chi connectivity index (χ2v) is 12.8. The van der Waals surface area contributed by atoms with Gasteiger partial charge in [-0.05, 0) is 96.7 Å². The number of hydrogen-bond donors (Lipinski definition) is 2. The van der Waals surface area contributed by atoms with E-state index >= 15 is 0 Å². The molecule has 2 N–H and O–H groups in total. The fourth-order valence-corrected chi connectivity index (χ4v) is 5.96. The summed E-state index contributed by atoms with van der Waals surface area (Å²) in [5.74, 6) is 2.74. The molecule has 33 heavy (non-hydrogen) atoms. The normalized spacial score (nSPS) is 24.5. The fraction of sp³-hybridized carbons (Fsp3) is 0.556. The lowest BCUT2D eigenvalue weighted by Gasteiger charge is -2.31. The van der Waals surface area contributed by atoms with Crippen molar-refractivity contribution in [2.24, 2.45) is 5.92 Å². The van der Waals surface area contributed by atoms with Crippen molar-refractivity contribution in [3.8, 4) is 11.5 Å². The third-order valence-electron chi connectivity index (χ3n) is 7.44. The first-order valence-electron chi connectivity index (χ1n) is 12.1. The van der Waals surface area contributed by atoms with Crippen molar-refractivity contribution in [2.45, 2.75) is 62.9 Å². The standard InChI is InChI=1S/C27H37O5P/c1-27(13-14-27)25-12-11-22(31-2)16-24(25)20-9-7-19(8-10-20)17-32-23-6-4-5-21(15-23)26(28)18-33(3,29)30/h4-6,11-12,15-16,19-20,26,28H,7-10,13-14,17-18H2,1-3H3,(H,29,30)/t19?,20?,26-/m1/s1. The van der Waals surface area contributed by atoms with Crippen LogP contribution in [0.1, 0.15) is 74.2 Å². The van der Waals surface area contributed by atoms with Crippen molar-refractivity contribution in [3.63, 3.8) is 0 Å². The van der Waals surface area contributed by atoms with Gasteiger partial charge in [0.15, 0.2) is 0 Å². The molecule has 2 aromatic carbocycles. The maximum Gasteiger partial charge on any atom is 0.200 e. The fourth-order valence-electron chi connectivity index (χ4n) is 5.10. The molecule has 2 fully saturated rings. The molecule has 180 valence electrons. The summed E-state index contributed by atoms with van der Waals surface area (Å²) in [7, 11) is -1.54. The van der Waals surface area contributed by atoms with Gasteiger partial charge >= 0.3 is 0 Å². The molecule has 2 aromatic rings. The van der Waals surface area contributed by atoms with E-state index in [-0.39, 0.29) is 6.16 Å². The quantitative estimate of drug-likeness (QED) is 0.436. The van der Waals surface area contributed by atoms with Crippen molar-refractivity contribution in [1.82, 2.24) is 0 Å². The summed E-state index contributed by atoms with van der Waals surface area (Å²) in [5, 5.41) is 10.3. The molecule has 2 aliphatic carbocycles. The minimum atomic E-state index is -3.29. The van der Waals surface area contributed by atoms with Crippen molar-refractivity contribution >= 4 is 7.37 Å². The van der Waals surface area contributed by atoms with E-state index in [0.717, 1.165) is 31.4 Å². The lowest BCUT2D eigenvalue weighted by atomic mass is 9.75. The highest BCUT2D eigenvalue weighted by Gasteiger charge is 2.41. The summed E-state index contributed by atoms with van der Waals surface area (Å²) in [5.41, 5.74) is 3.95. The number of aliphatic hydroxyl groups is 1. The average Bonchev–Trinajstić information content (AvgIpc) is 3.55. The minimum Gasteiger partial charge on any atom is -0.497 e. The molecule has 5 nitrogen and oxygen atoms in total. The Morgan fingerprint density at radius 3 is 2.45 bits per heavy atom. The number of rotatable bonds is 9. The predicted molar refractivity (Wildman–Crippen MR) is 132 cm³/mol. The van der Waals surface area contributed by atoms with E-state index in [0.29, 0.717) is 35.2 Å². The van der Waals surface area contributed by atoms with Gasteiger partial charge in [-0.1, -0.05) is 25.1 Å². The van der Waals surface area contributed by atoms with Crippen LogP contribution in [0, 0.1) is 5.92 Å². The predicted octanol–water partition coefficient (Wildman–Crippen LogP) is 6.03. The molecule has 2 atom stereocenters. The summed E-state index contributed by atoms with van der Waals surface area (Å²) >= 11 is 0. The maximum atomic E-state index is 11.6. The van der Waals surface area contributed by atoms with E-state index in [4.69, 9.17) is 9.47 Å². The molecule has 0 amide bonds. The van der Waals surface area contributed by atoms with Crippen LogP contribution in [0.5, 0.6) is 11.5 Å². The molecule has 0 saturated heterocycles. The van der Waals surface area contributed by atoms with Gasteiger partial charge in [0.1, 0.15) is 11.5 Å². The molecule has 0 aromatic heterocycles. The summed E-state index contributed by atoms with van der Waals surface area (Å²) in [4.78, 5) is 9.55. The third kappa shape index (κ3) is 6.20. The van der Waals surface area contributed by atoms with Crippen LogP contribution in [-0.2, 0) is 9.98 Å². The van der Waals surface area contributed by atoms with Crippen LogP contribution >= 0.6 is 7.37 Å². The van der Waals surface area contributed by atoms with Gasteiger partial charge < -0.3 is 19.5 Å². The zero-order valence-corrected chi connectivity index (χ0v) is 20.9. The Morgan fingerprint density at radius 2 is 1.82 bits per heavy atom. The monoisotopic (exact) mass is 472 g/mol. The second kappa shape index (κ2) is 9.82. The van der Waals surface area contributed by atoms with E-state index in [1.54, 1.807) is 19.2 Å². The van der Waals surface area contributed by atoms with Crippen molar-refractivity contribution in [1.29, 1.82) is 0 Å². The van der Waals surface area contributed by atoms with Crippen LogP contribution < -0.4 is 9.47 Å². The Hall–Kier alpha value is -1.81. The smallest absolute Gasteiger partial charge is 0.200 e. The molecule has 2 aliphatic rings. The molecule has 1 unspecified atom stereocenters. The molecule has 4 rings (SSSR count). The molecule has 0 spiro atoms. The van der Waals surface area contributed by atoms with Crippen LogP contribution in [0.2, 0.25) is 0 Å². The Kier molecular flexibility index (Phi) is 7.23. The van der Waals surface area contributed by atoms with Crippen molar-refractivity contribution < 1.29 is 24.0 Å². The number of aliphatic hydroxyl groups excluding tert-OH is 1. The Bertz CT molecular complexity index is 1000. The number of ether oxygens (including phenoxy) is 2. The molecular formula is C27H37O5P. The van der Waals surface area contributed by atoms with Gasteiger partial charge in [-0.3, -0.25) is 4.57 Å². The number of hydrogen-bond acceptors (Lipinski definition) is 4. The van der Waals surface area contributed by atoms with Gasteiger partial charge in [-0.2, -0.15) is 0 Å². The highest BCUT2D eigenvalue weighted by Crippen LogP contribution is 2.52. The Balaban J connectivity index is 1.34. The highest BCUT2D eigenvalue weighted by atomic mass is 31.2. The summed E-state index contributed by atoms with van der Waals surface area (Å²) in [6.07, 6.45) is 6.01. The summed E-state index contributed by atoms with van der Waals surface area (Å²) in [6.45, 7) is 4.30. The molecule has 0 radical (unpaired) electrons. The van der Waals surface area contributed by atoms with Gasteiger partial charge in [0.05, 0.1) is 26.0 Å². The number of methoxy groups -OCH3 is 1. The van der Waals surface area contributed by atoms with E-state index in [9.17, 15) is 14.6 Å². The SMILES string of the molecule is COc1ccc(C2(C)CC2)c(C2CCC(COc3cccc([C@H](O)CP(C)(=O)O)c3)CC2)c1. The second-order valence-electron chi connectivity index (χ2n) is 10.4. The van der Waals surface area contributed by atoms with Gasteiger partial charge in [0.2, 0.25) is 7.37 Å². The van der Waals surface area contributed by atoms with Crippen molar-refractivity contribution in [3.05, 3.63) is 59.2 Å². The van der Waals surface area contributed by atoms with Gasteiger partial charge in [0.25, 0.3) is 0 Å². The van der Waals surface area contributed by atoms with Crippen LogP contribution in [0.3, 0.4) is 0 Å². The largest absolute Gasteiger partial charge is 0.497 e. The van der Waals surface area contributed by atoms with Crippen LogP contribution in [0.15, 0.2) is 42.5 Å². The van der Waals surface area contributed by atoms with Crippen LogP contribution in [0.25, 0.3) is 0 Å². The zero-order valence-electron chi connectivity index (χ0n) is 20.0. The Morgan fingerprint density at radius 1 is 1.09 bits per heavy atom. The lowest BCUT2D eigenvalue weighted by Crippen LogP contribution is -2.21. The lowest BCUT2D eigenvalue weighted by molar-refractivity contribution is 0.191. The van der Waals surface area contributed by atoms with Crippen LogP contribution in [-0.4, -0.2) is 36.5 Å². The minimum absolute atomic E-state index is 0.147. The molecule has 6 heteroatoms. The first-order valence-corrected chi connectivity index (χ1v) is 14.3. The highest BCUT2D eigenvalue weighted by molar-refractivity contribution is 7.57. The summed E-state index contributed by atoms with van der Waals surface area (Å²) in [6, 6.07) is 13.9. The molecule has 2 saturated carbocycles. The third-order valence-corrected chi connectivity index (χ3v) is 8.46.